The van der Waals surface area contributed by atoms with Gasteiger partial charge in [-0.2, -0.15) is 0 Å². The van der Waals surface area contributed by atoms with E-state index in [1.54, 1.807) is 0 Å². The van der Waals surface area contributed by atoms with Gasteiger partial charge in [0.05, 0.1) is 9.71 Å². The van der Waals surface area contributed by atoms with Crippen LogP contribution in [0.3, 0.4) is 0 Å². The summed E-state index contributed by atoms with van der Waals surface area (Å²) >= 11 is 13.0. The van der Waals surface area contributed by atoms with Gasteiger partial charge < -0.3 is 0 Å². The summed E-state index contributed by atoms with van der Waals surface area (Å²) in [5.41, 5.74) is 0. The highest BCUT2D eigenvalue weighted by Crippen LogP contribution is 2.29. The number of hydrogen-bond acceptors (Lipinski definition) is 1. The van der Waals surface area contributed by atoms with Crippen LogP contribution in [0.1, 0.15) is 17.2 Å². The van der Waals surface area contributed by atoms with E-state index in [1.165, 1.54) is 11.3 Å². The minimum absolute atomic E-state index is 0.0856. The van der Waals surface area contributed by atoms with Crippen molar-refractivity contribution < 1.29 is 0 Å². The van der Waals surface area contributed by atoms with Gasteiger partial charge in [-0.25, -0.2) is 0 Å². The molecule has 0 nitrogen and oxygen atoms in total. The SMILES string of the molecule is C[C@@H](Cl)c1ccc(Cl)s1. The van der Waals surface area contributed by atoms with Crippen LogP contribution in [-0.2, 0) is 0 Å². The number of alkyl halides is 1. The fourth-order valence-corrected chi connectivity index (χ4v) is 1.74. The average Bonchev–Trinajstić information content (AvgIpc) is 2.14. The van der Waals surface area contributed by atoms with Crippen LogP contribution in [-0.4, -0.2) is 0 Å². The molecule has 1 heterocycles. The van der Waals surface area contributed by atoms with E-state index in [4.69, 9.17) is 23.2 Å². The average molecular weight is 181 g/mol. The van der Waals surface area contributed by atoms with Gasteiger partial charge in [0, 0.05) is 4.88 Å². The fourth-order valence-electron chi connectivity index (χ4n) is 0.542. The highest BCUT2D eigenvalue weighted by atomic mass is 35.5. The maximum absolute atomic E-state index is 5.77. The summed E-state index contributed by atoms with van der Waals surface area (Å²) in [6.45, 7) is 1.93. The Bertz CT molecular complexity index is 193. The van der Waals surface area contributed by atoms with Gasteiger partial charge in [-0.3, -0.25) is 0 Å². The van der Waals surface area contributed by atoms with Gasteiger partial charge >= 0.3 is 0 Å². The smallest absolute Gasteiger partial charge is 0.0931 e. The third-order valence-corrected chi connectivity index (χ3v) is 2.76. The monoisotopic (exact) mass is 180 g/mol. The molecule has 50 valence electrons. The van der Waals surface area contributed by atoms with Gasteiger partial charge in [-0.15, -0.1) is 22.9 Å². The minimum Gasteiger partial charge on any atom is -0.127 e. The topological polar surface area (TPSA) is 0 Å². The van der Waals surface area contributed by atoms with E-state index in [2.05, 4.69) is 0 Å². The number of rotatable bonds is 1. The molecule has 0 N–H and O–H groups in total. The van der Waals surface area contributed by atoms with E-state index in [9.17, 15) is 0 Å². The molecular weight excluding hydrogens is 175 g/mol. The quantitative estimate of drug-likeness (QED) is 0.579. The molecule has 0 bridgehead atoms. The van der Waals surface area contributed by atoms with Gasteiger partial charge in [-0.1, -0.05) is 11.6 Å². The molecule has 0 saturated heterocycles. The summed E-state index contributed by atoms with van der Waals surface area (Å²) in [6.07, 6.45) is 0. The van der Waals surface area contributed by atoms with Crippen molar-refractivity contribution in [2.24, 2.45) is 0 Å². The largest absolute Gasteiger partial charge is 0.127 e. The summed E-state index contributed by atoms with van der Waals surface area (Å²) in [6, 6.07) is 3.81. The second-order valence-corrected chi connectivity index (χ2v) is 4.16. The standard InChI is InChI=1S/C6H6Cl2S/c1-4(7)5-2-3-6(8)9-5/h2-4H,1H3/t4-/m1/s1. The predicted octanol–water partition coefficient (Wildman–Crippen LogP) is 3.70. The van der Waals surface area contributed by atoms with E-state index >= 15 is 0 Å². The Morgan fingerprint density at radius 2 is 2.22 bits per heavy atom. The summed E-state index contributed by atoms with van der Waals surface area (Å²) in [5, 5.41) is 0.0856. The van der Waals surface area contributed by atoms with Crippen molar-refractivity contribution in [2.45, 2.75) is 12.3 Å². The molecule has 1 rings (SSSR count). The second kappa shape index (κ2) is 2.91. The van der Waals surface area contributed by atoms with Crippen LogP contribution in [0, 0.1) is 0 Å². The Morgan fingerprint density at radius 1 is 1.56 bits per heavy atom. The highest BCUT2D eigenvalue weighted by Gasteiger charge is 2.02. The Labute approximate surface area is 68.4 Å². The number of thiophene rings is 1. The minimum atomic E-state index is 0.0856. The van der Waals surface area contributed by atoms with E-state index < -0.39 is 0 Å². The van der Waals surface area contributed by atoms with Crippen LogP contribution in [0.2, 0.25) is 4.34 Å². The molecule has 3 heteroatoms. The van der Waals surface area contributed by atoms with Crippen molar-refractivity contribution in [2.75, 3.05) is 0 Å². The highest BCUT2D eigenvalue weighted by molar-refractivity contribution is 7.16. The first-order chi connectivity index (χ1) is 4.20. The maximum atomic E-state index is 5.77. The predicted molar refractivity (Wildman–Crippen MR) is 43.6 cm³/mol. The summed E-state index contributed by atoms with van der Waals surface area (Å²) in [5.74, 6) is 0. The summed E-state index contributed by atoms with van der Waals surface area (Å²) in [7, 11) is 0. The van der Waals surface area contributed by atoms with Crippen molar-refractivity contribution in [3.05, 3.63) is 21.3 Å². The molecule has 0 spiro atoms. The maximum Gasteiger partial charge on any atom is 0.0931 e. The van der Waals surface area contributed by atoms with Crippen molar-refractivity contribution >= 4 is 34.5 Å². The molecule has 0 aliphatic rings. The van der Waals surface area contributed by atoms with E-state index in [1.807, 2.05) is 19.1 Å². The molecule has 0 aliphatic heterocycles. The molecule has 0 saturated carbocycles. The molecule has 1 aromatic heterocycles. The van der Waals surface area contributed by atoms with Crippen LogP contribution in [0.25, 0.3) is 0 Å². The normalized spacial score (nSPS) is 13.7. The van der Waals surface area contributed by atoms with E-state index in [0.29, 0.717) is 0 Å². The Hall–Kier alpha value is 0.280. The number of halogens is 2. The van der Waals surface area contributed by atoms with Crippen LogP contribution in [0.4, 0.5) is 0 Å². The molecular formula is C6H6Cl2S. The Kier molecular flexibility index (Phi) is 2.39. The lowest BCUT2D eigenvalue weighted by atomic mass is 10.4. The van der Waals surface area contributed by atoms with E-state index in [-0.39, 0.29) is 5.38 Å². The molecule has 0 aromatic carbocycles. The van der Waals surface area contributed by atoms with Crippen molar-refractivity contribution in [1.29, 1.82) is 0 Å². The molecule has 0 amide bonds. The second-order valence-electron chi connectivity index (χ2n) is 1.76. The number of hydrogen-bond donors (Lipinski definition) is 0. The van der Waals surface area contributed by atoms with Crippen molar-refractivity contribution in [3.8, 4) is 0 Å². The molecule has 0 unspecified atom stereocenters. The zero-order valence-electron chi connectivity index (χ0n) is 4.90. The zero-order chi connectivity index (χ0) is 6.85. The first-order valence-corrected chi connectivity index (χ1v) is 4.22. The van der Waals surface area contributed by atoms with Crippen LogP contribution in [0.15, 0.2) is 12.1 Å². The molecule has 0 fully saturated rings. The van der Waals surface area contributed by atoms with Gasteiger partial charge in [-0.05, 0) is 19.1 Å². The van der Waals surface area contributed by atoms with Crippen molar-refractivity contribution in [1.82, 2.24) is 0 Å². The fraction of sp³-hybridized carbons (Fsp3) is 0.333. The summed E-state index contributed by atoms with van der Waals surface area (Å²) < 4.78 is 0.803. The summed E-state index contributed by atoms with van der Waals surface area (Å²) in [4.78, 5) is 1.13. The lowest BCUT2D eigenvalue weighted by Gasteiger charge is -1.93. The Balaban J connectivity index is 2.85. The van der Waals surface area contributed by atoms with Crippen LogP contribution in [0.5, 0.6) is 0 Å². The van der Waals surface area contributed by atoms with Gasteiger partial charge in [0.2, 0.25) is 0 Å². The first-order valence-electron chi connectivity index (χ1n) is 2.59. The van der Waals surface area contributed by atoms with Crippen LogP contribution >= 0.6 is 34.5 Å². The Morgan fingerprint density at radius 3 is 2.44 bits per heavy atom. The third kappa shape index (κ3) is 1.85. The molecule has 0 radical (unpaired) electrons. The van der Waals surface area contributed by atoms with Gasteiger partial charge in [0.1, 0.15) is 0 Å². The molecule has 0 aliphatic carbocycles. The zero-order valence-corrected chi connectivity index (χ0v) is 7.22. The molecule has 9 heavy (non-hydrogen) atoms. The lowest BCUT2D eigenvalue weighted by molar-refractivity contribution is 1.12. The van der Waals surface area contributed by atoms with Crippen molar-refractivity contribution in [3.63, 3.8) is 0 Å². The van der Waals surface area contributed by atoms with Gasteiger partial charge in [0.25, 0.3) is 0 Å². The van der Waals surface area contributed by atoms with Crippen LogP contribution < -0.4 is 0 Å². The molecule has 1 aromatic rings. The van der Waals surface area contributed by atoms with Gasteiger partial charge in [0.15, 0.2) is 0 Å². The molecule has 1 atom stereocenters. The lowest BCUT2D eigenvalue weighted by Crippen LogP contribution is -1.72. The third-order valence-electron chi connectivity index (χ3n) is 0.986. The first kappa shape index (κ1) is 7.39. The van der Waals surface area contributed by atoms with E-state index in [0.717, 1.165) is 9.21 Å².